The SMILES string of the molecule is COc1cc2c(cc1OC)C(=O)C(CCCN1CCN(c3ccccc3)CC1)C2. The summed E-state index contributed by atoms with van der Waals surface area (Å²) in [7, 11) is 3.24. The molecule has 0 radical (unpaired) electrons. The third-order valence-corrected chi connectivity index (χ3v) is 6.23. The van der Waals surface area contributed by atoms with Crippen LogP contribution in [0.25, 0.3) is 0 Å². The average Bonchev–Trinajstić information content (AvgIpc) is 3.08. The molecule has 1 aliphatic heterocycles. The maximum absolute atomic E-state index is 12.8. The summed E-state index contributed by atoms with van der Waals surface area (Å²) in [5, 5.41) is 0. The fourth-order valence-corrected chi connectivity index (χ4v) is 4.56. The Balaban J connectivity index is 1.26. The van der Waals surface area contributed by atoms with Gasteiger partial charge >= 0.3 is 0 Å². The van der Waals surface area contributed by atoms with Crippen LogP contribution in [0.1, 0.15) is 28.8 Å². The van der Waals surface area contributed by atoms with Crippen molar-refractivity contribution in [3.8, 4) is 11.5 Å². The Morgan fingerprint density at radius 3 is 2.34 bits per heavy atom. The number of ketones is 1. The molecular weight excluding hydrogens is 364 g/mol. The standard InChI is InChI=1S/C24H30N2O3/c1-28-22-16-19-15-18(24(27)21(19)17-23(22)29-2)7-6-10-25-11-13-26(14-12-25)20-8-4-3-5-9-20/h3-5,8-9,16-18H,6-7,10-15H2,1-2H3. The predicted octanol–water partition coefficient (Wildman–Crippen LogP) is 3.66. The molecule has 5 nitrogen and oxygen atoms in total. The summed E-state index contributed by atoms with van der Waals surface area (Å²) < 4.78 is 10.7. The van der Waals surface area contributed by atoms with Gasteiger partial charge in [0.15, 0.2) is 17.3 Å². The smallest absolute Gasteiger partial charge is 0.166 e. The molecule has 4 rings (SSSR count). The maximum atomic E-state index is 12.8. The van der Waals surface area contributed by atoms with Crippen LogP contribution in [-0.4, -0.2) is 57.6 Å². The van der Waals surface area contributed by atoms with Crippen molar-refractivity contribution >= 4 is 11.5 Å². The van der Waals surface area contributed by atoms with Crippen molar-refractivity contribution in [2.75, 3.05) is 51.8 Å². The summed E-state index contributed by atoms with van der Waals surface area (Å²) in [6.07, 6.45) is 2.82. The number of anilines is 1. The number of hydrogen-bond donors (Lipinski definition) is 0. The number of para-hydroxylation sites is 1. The molecule has 1 aliphatic carbocycles. The second-order valence-corrected chi connectivity index (χ2v) is 7.94. The van der Waals surface area contributed by atoms with Gasteiger partial charge in [-0.3, -0.25) is 9.69 Å². The highest BCUT2D eigenvalue weighted by atomic mass is 16.5. The van der Waals surface area contributed by atoms with E-state index >= 15 is 0 Å². The molecule has 5 heteroatoms. The lowest BCUT2D eigenvalue weighted by atomic mass is 9.99. The largest absolute Gasteiger partial charge is 0.493 e. The summed E-state index contributed by atoms with van der Waals surface area (Å²) in [5.41, 5.74) is 3.21. The monoisotopic (exact) mass is 394 g/mol. The molecule has 2 aromatic rings. The first-order valence-corrected chi connectivity index (χ1v) is 10.5. The Bertz CT molecular complexity index is 845. The van der Waals surface area contributed by atoms with Crippen LogP contribution in [0, 0.1) is 5.92 Å². The van der Waals surface area contributed by atoms with Crippen molar-refractivity contribution in [3.05, 3.63) is 53.6 Å². The van der Waals surface area contributed by atoms with Crippen LogP contribution in [0.5, 0.6) is 11.5 Å². The number of rotatable bonds is 7. The number of benzene rings is 2. The third-order valence-electron chi connectivity index (χ3n) is 6.23. The van der Waals surface area contributed by atoms with E-state index in [9.17, 15) is 4.79 Å². The molecule has 1 unspecified atom stereocenters. The number of carbonyl (C=O) groups excluding carboxylic acids is 1. The molecule has 0 saturated carbocycles. The third kappa shape index (κ3) is 4.25. The first-order valence-electron chi connectivity index (χ1n) is 10.5. The number of Topliss-reactive ketones (excluding diaryl/α,β-unsaturated/α-hetero) is 1. The van der Waals surface area contributed by atoms with Gasteiger partial charge in [-0.05, 0) is 55.6 Å². The zero-order valence-corrected chi connectivity index (χ0v) is 17.4. The van der Waals surface area contributed by atoms with E-state index in [1.807, 2.05) is 12.1 Å². The molecule has 0 amide bonds. The van der Waals surface area contributed by atoms with Gasteiger partial charge in [0.2, 0.25) is 0 Å². The number of hydrogen-bond acceptors (Lipinski definition) is 5. The fourth-order valence-electron chi connectivity index (χ4n) is 4.56. The highest BCUT2D eigenvalue weighted by Gasteiger charge is 2.31. The lowest BCUT2D eigenvalue weighted by Crippen LogP contribution is -2.46. The Labute approximate surface area is 173 Å². The molecule has 0 spiro atoms. The van der Waals surface area contributed by atoms with Crippen LogP contribution < -0.4 is 14.4 Å². The van der Waals surface area contributed by atoms with Crippen molar-refractivity contribution in [1.82, 2.24) is 4.90 Å². The van der Waals surface area contributed by atoms with Crippen LogP contribution >= 0.6 is 0 Å². The second kappa shape index (κ2) is 8.87. The van der Waals surface area contributed by atoms with Gasteiger partial charge in [0, 0.05) is 43.3 Å². The molecule has 0 N–H and O–H groups in total. The quantitative estimate of drug-likeness (QED) is 0.717. The van der Waals surface area contributed by atoms with Gasteiger partial charge in [-0.15, -0.1) is 0 Å². The highest BCUT2D eigenvalue weighted by Crippen LogP contribution is 2.37. The Morgan fingerprint density at radius 2 is 1.66 bits per heavy atom. The first-order chi connectivity index (χ1) is 14.2. The highest BCUT2D eigenvalue weighted by molar-refractivity contribution is 6.02. The van der Waals surface area contributed by atoms with E-state index in [4.69, 9.17) is 9.47 Å². The normalized spacial score (nSPS) is 19.3. The van der Waals surface area contributed by atoms with Crippen molar-refractivity contribution in [2.45, 2.75) is 19.3 Å². The second-order valence-electron chi connectivity index (χ2n) is 7.94. The van der Waals surface area contributed by atoms with Gasteiger partial charge in [-0.1, -0.05) is 18.2 Å². The molecule has 1 atom stereocenters. The van der Waals surface area contributed by atoms with Gasteiger partial charge in [0.1, 0.15) is 0 Å². The number of fused-ring (bicyclic) bond motifs is 1. The number of nitrogens with zero attached hydrogens (tertiary/aromatic N) is 2. The molecule has 0 aromatic heterocycles. The fraction of sp³-hybridized carbons (Fsp3) is 0.458. The van der Waals surface area contributed by atoms with Crippen LogP contribution in [0.15, 0.2) is 42.5 Å². The van der Waals surface area contributed by atoms with E-state index in [2.05, 4.69) is 40.1 Å². The number of piperazine rings is 1. The van der Waals surface area contributed by atoms with Gasteiger partial charge < -0.3 is 14.4 Å². The van der Waals surface area contributed by atoms with Crippen LogP contribution in [0.4, 0.5) is 5.69 Å². The van der Waals surface area contributed by atoms with E-state index in [0.29, 0.717) is 11.5 Å². The molecule has 1 heterocycles. The minimum Gasteiger partial charge on any atom is -0.493 e. The van der Waals surface area contributed by atoms with Crippen LogP contribution in [0.3, 0.4) is 0 Å². The summed E-state index contributed by atoms with van der Waals surface area (Å²) in [6, 6.07) is 14.4. The van der Waals surface area contributed by atoms with Gasteiger partial charge in [0.25, 0.3) is 0 Å². The van der Waals surface area contributed by atoms with Crippen molar-refractivity contribution in [1.29, 1.82) is 0 Å². The van der Waals surface area contributed by atoms with E-state index < -0.39 is 0 Å². The van der Waals surface area contributed by atoms with Gasteiger partial charge in [0.05, 0.1) is 14.2 Å². The Kier molecular flexibility index (Phi) is 6.05. The minimum absolute atomic E-state index is 0.0902. The number of carbonyl (C=O) groups is 1. The van der Waals surface area contributed by atoms with Crippen LogP contribution in [0.2, 0.25) is 0 Å². The zero-order valence-electron chi connectivity index (χ0n) is 17.4. The first kappa shape index (κ1) is 19.8. The molecule has 2 aromatic carbocycles. The maximum Gasteiger partial charge on any atom is 0.166 e. The molecule has 1 fully saturated rings. The summed E-state index contributed by atoms with van der Waals surface area (Å²) >= 11 is 0. The lowest BCUT2D eigenvalue weighted by molar-refractivity contribution is 0.0926. The van der Waals surface area contributed by atoms with E-state index in [1.54, 1.807) is 14.2 Å². The molecule has 0 bridgehead atoms. The average molecular weight is 395 g/mol. The number of methoxy groups -OCH3 is 2. The summed E-state index contributed by atoms with van der Waals surface area (Å²) in [4.78, 5) is 17.8. The molecule has 1 saturated heterocycles. The van der Waals surface area contributed by atoms with Gasteiger partial charge in [-0.2, -0.15) is 0 Å². The number of ether oxygens (including phenoxy) is 2. The summed E-state index contributed by atoms with van der Waals surface area (Å²) in [5.74, 6) is 1.69. The van der Waals surface area contributed by atoms with Gasteiger partial charge in [-0.25, -0.2) is 0 Å². The molecule has 154 valence electrons. The minimum atomic E-state index is 0.0902. The Morgan fingerprint density at radius 1 is 0.966 bits per heavy atom. The van der Waals surface area contributed by atoms with Crippen molar-refractivity contribution < 1.29 is 14.3 Å². The predicted molar refractivity (Wildman–Crippen MR) is 115 cm³/mol. The van der Waals surface area contributed by atoms with E-state index in [0.717, 1.165) is 63.1 Å². The Hall–Kier alpha value is -2.53. The lowest BCUT2D eigenvalue weighted by Gasteiger charge is -2.36. The van der Waals surface area contributed by atoms with E-state index in [1.165, 1.54) is 5.69 Å². The topological polar surface area (TPSA) is 42.0 Å². The van der Waals surface area contributed by atoms with Crippen molar-refractivity contribution in [2.24, 2.45) is 5.92 Å². The molecular formula is C24H30N2O3. The van der Waals surface area contributed by atoms with Crippen molar-refractivity contribution in [3.63, 3.8) is 0 Å². The summed E-state index contributed by atoms with van der Waals surface area (Å²) in [6.45, 7) is 5.37. The zero-order chi connectivity index (χ0) is 20.2. The molecule has 2 aliphatic rings. The molecule has 29 heavy (non-hydrogen) atoms. The van der Waals surface area contributed by atoms with Crippen LogP contribution in [-0.2, 0) is 6.42 Å². The van der Waals surface area contributed by atoms with E-state index in [-0.39, 0.29) is 11.7 Å².